The Bertz CT molecular complexity index is 1190. The van der Waals surface area contributed by atoms with Crippen LogP contribution < -0.4 is 10.6 Å². The van der Waals surface area contributed by atoms with Crippen molar-refractivity contribution in [2.45, 2.75) is 13.5 Å². The molecular formula is C19H17Cl2N5O4S2. The first-order valence-corrected chi connectivity index (χ1v) is 10.9. The molecule has 0 aliphatic rings. The minimum absolute atomic E-state index is 0.125. The predicted octanol–water partition coefficient (Wildman–Crippen LogP) is 4.39. The van der Waals surface area contributed by atoms with Gasteiger partial charge in [0.1, 0.15) is 16.2 Å². The van der Waals surface area contributed by atoms with Gasteiger partial charge in [-0.2, -0.15) is 0 Å². The summed E-state index contributed by atoms with van der Waals surface area (Å²) in [4.78, 5) is 28.7. The fourth-order valence-corrected chi connectivity index (χ4v) is 4.42. The first-order chi connectivity index (χ1) is 15.2. The van der Waals surface area contributed by atoms with Gasteiger partial charge in [-0.05, 0) is 42.4 Å². The number of ether oxygens (including phenoxy) is 2. The summed E-state index contributed by atoms with van der Waals surface area (Å²) < 4.78 is 11.2. The van der Waals surface area contributed by atoms with E-state index in [0.717, 1.165) is 16.9 Å². The highest BCUT2D eigenvalue weighted by Crippen LogP contribution is 2.34. The Morgan fingerprint density at radius 1 is 1.16 bits per heavy atom. The molecule has 0 unspecified atom stereocenters. The summed E-state index contributed by atoms with van der Waals surface area (Å²) in [6.45, 7) is 2.05. The van der Waals surface area contributed by atoms with Crippen LogP contribution in [0.5, 0.6) is 0 Å². The molecular weight excluding hydrogens is 497 g/mol. The van der Waals surface area contributed by atoms with Crippen LogP contribution in [0.15, 0.2) is 24.5 Å². The van der Waals surface area contributed by atoms with Crippen molar-refractivity contribution in [1.82, 2.24) is 14.8 Å². The molecule has 13 heteroatoms. The van der Waals surface area contributed by atoms with Crippen molar-refractivity contribution in [2.24, 2.45) is 0 Å². The molecule has 2 heterocycles. The highest BCUT2D eigenvalue weighted by atomic mass is 35.5. The summed E-state index contributed by atoms with van der Waals surface area (Å²) in [6.07, 6.45) is 1.53. The Labute approximate surface area is 202 Å². The summed E-state index contributed by atoms with van der Waals surface area (Å²) in [5.41, 5.74) is 1.52. The minimum Gasteiger partial charge on any atom is -0.465 e. The third-order valence-electron chi connectivity index (χ3n) is 4.22. The summed E-state index contributed by atoms with van der Waals surface area (Å²) in [7, 11) is 2.51. The molecule has 3 rings (SSSR count). The van der Waals surface area contributed by atoms with Gasteiger partial charge < -0.3 is 14.8 Å². The minimum atomic E-state index is -0.608. The zero-order valence-corrected chi connectivity index (χ0v) is 20.2. The number of hydrogen-bond donors (Lipinski definition) is 2. The Hall–Kier alpha value is -2.73. The lowest BCUT2D eigenvalue weighted by atomic mass is 10.1. The van der Waals surface area contributed by atoms with Gasteiger partial charge in [-0.15, -0.1) is 16.4 Å². The molecule has 0 amide bonds. The lowest BCUT2D eigenvalue weighted by Crippen LogP contribution is -2.21. The number of carbonyl (C=O) groups excluding carboxylic acids is 2. The maximum atomic E-state index is 12.2. The highest BCUT2D eigenvalue weighted by molar-refractivity contribution is 7.80. The normalized spacial score (nSPS) is 10.5. The fraction of sp³-hybridized carbons (Fsp3) is 0.211. The van der Waals surface area contributed by atoms with E-state index in [1.807, 2.05) is 6.07 Å². The number of carbonyl (C=O) groups is 2. The van der Waals surface area contributed by atoms with E-state index in [0.29, 0.717) is 27.2 Å². The number of esters is 2. The first-order valence-electron chi connectivity index (χ1n) is 8.94. The second-order valence-electron chi connectivity index (χ2n) is 6.34. The van der Waals surface area contributed by atoms with Crippen molar-refractivity contribution in [3.63, 3.8) is 0 Å². The van der Waals surface area contributed by atoms with Crippen LogP contribution in [0.25, 0.3) is 0 Å². The molecule has 32 heavy (non-hydrogen) atoms. The van der Waals surface area contributed by atoms with E-state index in [1.165, 1.54) is 20.5 Å². The van der Waals surface area contributed by atoms with Crippen molar-refractivity contribution >= 4 is 74.8 Å². The van der Waals surface area contributed by atoms with Crippen LogP contribution in [-0.2, 0) is 16.0 Å². The summed E-state index contributed by atoms with van der Waals surface area (Å²) in [5.74, 6) is -0.931. The number of nitrogens with zero attached hydrogens (tertiary/aromatic N) is 3. The van der Waals surface area contributed by atoms with E-state index >= 15 is 0 Å². The van der Waals surface area contributed by atoms with E-state index in [9.17, 15) is 9.59 Å². The number of methoxy groups -OCH3 is 2. The largest absolute Gasteiger partial charge is 0.465 e. The van der Waals surface area contributed by atoms with Gasteiger partial charge in [-0.1, -0.05) is 29.3 Å². The molecule has 1 aromatic carbocycles. The van der Waals surface area contributed by atoms with E-state index < -0.39 is 11.9 Å². The lowest BCUT2D eigenvalue weighted by molar-refractivity contribution is 0.0601. The Morgan fingerprint density at radius 3 is 2.53 bits per heavy atom. The number of hydrogen-bond acceptors (Lipinski definition) is 8. The molecule has 9 nitrogen and oxygen atoms in total. The third kappa shape index (κ3) is 5.36. The van der Waals surface area contributed by atoms with Gasteiger partial charge in [0.25, 0.3) is 0 Å². The first kappa shape index (κ1) is 23.9. The molecule has 0 spiro atoms. The molecule has 168 valence electrons. The molecule has 2 aromatic heterocycles. The number of rotatable bonds is 6. The molecule has 3 aromatic rings. The van der Waals surface area contributed by atoms with Crippen LogP contribution in [0.3, 0.4) is 0 Å². The second kappa shape index (κ2) is 10.3. The molecule has 2 N–H and O–H groups in total. The average molecular weight is 514 g/mol. The van der Waals surface area contributed by atoms with Crippen molar-refractivity contribution in [3.05, 3.63) is 56.1 Å². The van der Waals surface area contributed by atoms with Gasteiger partial charge in [0.05, 0.1) is 36.4 Å². The molecule has 0 aliphatic heterocycles. The molecule has 0 saturated heterocycles. The van der Waals surface area contributed by atoms with Crippen LogP contribution in [0, 0.1) is 6.92 Å². The van der Waals surface area contributed by atoms with Crippen LogP contribution in [0.2, 0.25) is 10.0 Å². The Morgan fingerprint density at radius 2 is 1.88 bits per heavy atom. The van der Waals surface area contributed by atoms with E-state index in [-0.39, 0.29) is 21.5 Å². The van der Waals surface area contributed by atoms with E-state index in [4.69, 9.17) is 44.9 Å². The molecule has 0 atom stereocenters. The van der Waals surface area contributed by atoms with Gasteiger partial charge in [0.2, 0.25) is 5.95 Å². The van der Waals surface area contributed by atoms with Crippen molar-refractivity contribution < 1.29 is 19.1 Å². The van der Waals surface area contributed by atoms with Crippen LogP contribution in [0.4, 0.5) is 10.9 Å². The highest BCUT2D eigenvalue weighted by Gasteiger charge is 2.26. The zero-order valence-electron chi connectivity index (χ0n) is 17.1. The molecule has 0 fully saturated rings. The number of nitrogens with one attached hydrogen (secondary N) is 2. The van der Waals surface area contributed by atoms with Gasteiger partial charge in [0, 0.05) is 0 Å². The maximum absolute atomic E-state index is 12.2. The monoisotopic (exact) mass is 513 g/mol. The zero-order chi connectivity index (χ0) is 23.4. The van der Waals surface area contributed by atoms with Crippen LogP contribution in [0.1, 0.15) is 31.2 Å². The number of anilines is 2. The Balaban J connectivity index is 1.73. The number of aromatic nitrogens is 3. The van der Waals surface area contributed by atoms with E-state index in [2.05, 4.69) is 20.7 Å². The van der Waals surface area contributed by atoms with Gasteiger partial charge in [-0.25, -0.2) is 19.3 Å². The topological polar surface area (TPSA) is 107 Å². The van der Waals surface area contributed by atoms with Gasteiger partial charge >= 0.3 is 11.9 Å². The molecule has 0 saturated carbocycles. The van der Waals surface area contributed by atoms with Crippen LogP contribution >= 0.6 is 46.8 Å². The second-order valence-corrected chi connectivity index (χ2v) is 8.58. The number of thiophene rings is 1. The number of halogens is 2. The van der Waals surface area contributed by atoms with Crippen LogP contribution in [-0.4, -0.2) is 46.0 Å². The van der Waals surface area contributed by atoms with Gasteiger partial charge in [-0.3, -0.25) is 5.32 Å². The average Bonchev–Trinajstić information content (AvgIpc) is 3.33. The number of thiocarbonyl (C=S) groups is 1. The molecule has 0 aliphatic carbocycles. The standard InChI is InChI=1S/C19H17Cl2N5O4S2/c1-9-13(16(27)29-2)15(32-14(9)17(28)30-3)23-19(31)24-18-22-8-26(25-18)7-10-4-5-11(20)12(21)6-10/h4-6,8H,7H2,1-3H3,(H2,23,24,25,31). The van der Waals surface area contributed by atoms with Crippen molar-refractivity contribution in [1.29, 1.82) is 0 Å². The fourth-order valence-electron chi connectivity index (χ4n) is 2.73. The number of benzene rings is 1. The van der Waals surface area contributed by atoms with E-state index in [1.54, 1.807) is 23.7 Å². The van der Waals surface area contributed by atoms with Gasteiger partial charge in [0.15, 0.2) is 5.11 Å². The summed E-state index contributed by atoms with van der Waals surface area (Å²) >= 11 is 18.3. The summed E-state index contributed by atoms with van der Waals surface area (Å²) in [6, 6.07) is 5.29. The molecule has 0 bridgehead atoms. The van der Waals surface area contributed by atoms with Crippen molar-refractivity contribution in [3.8, 4) is 0 Å². The van der Waals surface area contributed by atoms with Crippen molar-refractivity contribution in [2.75, 3.05) is 24.9 Å². The smallest absolute Gasteiger partial charge is 0.348 e. The third-order valence-corrected chi connectivity index (χ3v) is 6.35. The SMILES string of the molecule is COC(=O)c1sc(NC(=S)Nc2ncn(Cc3ccc(Cl)c(Cl)c3)n2)c(C(=O)OC)c1C. The Kier molecular flexibility index (Phi) is 7.67. The maximum Gasteiger partial charge on any atom is 0.348 e. The molecule has 0 radical (unpaired) electrons. The lowest BCUT2D eigenvalue weighted by Gasteiger charge is -2.08. The quantitative estimate of drug-likeness (QED) is 0.366. The summed E-state index contributed by atoms with van der Waals surface area (Å²) in [5, 5.41) is 11.4. The predicted molar refractivity (Wildman–Crippen MR) is 127 cm³/mol.